The van der Waals surface area contributed by atoms with Gasteiger partial charge in [-0.15, -0.1) is 0 Å². The van der Waals surface area contributed by atoms with Crippen molar-refractivity contribution in [2.75, 3.05) is 17.2 Å². The highest BCUT2D eigenvalue weighted by Gasteiger charge is 2.09. The fraction of sp³-hybridized carbons (Fsp3) is 0.250. The smallest absolute Gasteiger partial charge is 0.226 e. The van der Waals surface area contributed by atoms with Crippen LogP contribution in [-0.4, -0.2) is 26.7 Å². The molecule has 0 atom stereocenters. The van der Waals surface area contributed by atoms with E-state index in [9.17, 15) is 0 Å². The molecule has 0 aromatic carbocycles. The molecule has 7 heteroatoms. The molecule has 19 heavy (non-hydrogen) atoms. The normalized spacial score (nSPS) is 10.8. The lowest BCUT2D eigenvalue weighted by Crippen LogP contribution is -2.06. The summed E-state index contributed by atoms with van der Waals surface area (Å²) in [4.78, 5) is 8.75. The summed E-state index contributed by atoms with van der Waals surface area (Å²) in [6.45, 7) is 3.32. The summed E-state index contributed by atoms with van der Waals surface area (Å²) in [7, 11) is 0. The van der Waals surface area contributed by atoms with Gasteiger partial charge in [0.25, 0.3) is 0 Å². The van der Waals surface area contributed by atoms with Crippen LogP contribution in [0.3, 0.4) is 0 Å². The first-order valence-corrected chi connectivity index (χ1v) is 6.08. The standard InChI is InChI=1S/C12H14N6O/c1-2-13-12-16-10(9-7-15-18-11(9)17-12)14-6-8-4-3-5-19-8/h3-5,7H,2,6H2,1H3,(H3,13,14,15,16,17,18). The Kier molecular flexibility index (Phi) is 3.01. The van der Waals surface area contributed by atoms with Crippen LogP contribution in [0, 0.1) is 0 Å². The monoisotopic (exact) mass is 258 g/mol. The van der Waals surface area contributed by atoms with E-state index >= 15 is 0 Å². The van der Waals surface area contributed by atoms with Crippen molar-refractivity contribution in [2.24, 2.45) is 0 Å². The number of hydrogen-bond acceptors (Lipinski definition) is 6. The third-order valence-electron chi connectivity index (χ3n) is 2.65. The number of aromatic amines is 1. The van der Waals surface area contributed by atoms with Crippen molar-refractivity contribution >= 4 is 22.8 Å². The first-order valence-electron chi connectivity index (χ1n) is 6.08. The van der Waals surface area contributed by atoms with Gasteiger partial charge in [0, 0.05) is 6.54 Å². The molecule has 3 N–H and O–H groups in total. The number of nitrogens with one attached hydrogen (secondary N) is 3. The lowest BCUT2D eigenvalue weighted by molar-refractivity contribution is 0.518. The van der Waals surface area contributed by atoms with Crippen LogP contribution in [0.5, 0.6) is 0 Å². The van der Waals surface area contributed by atoms with E-state index in [0.717, 1.165) is 23.5 Å². The number of nitrogens with zero attached hydrogens (tertiary/aromatic N) is 3. The molecule has 0 amide bonds. The quantitative estimate of drug-likeness (QED) is 0.648. The van der Waals surface area contributed by atoms with Gasteiger partial charge in [-0.2, -0.15) is 15.1 Å². The summed E-state index contributed by atoms with van der Waals surface area (Å²) >= 11 is 0. The van der Waals surface area contributed by atoms with Gasteiger partial charge >= 0.3 is 0 Å². The van der Waals surface area contributed by atoms with Gasteiger partial charge < -0.3 is 15.1 Å². The van der Waals surface area contributed by atoms with Crippen LogP contribution in [0.4, 0.5) is 11.8 Å². The fourth-order valence-electron chi connectivity index (χ4n) is 1.79. The lowest BCUT2D eigenvalue weighted by atomic mass is 10.3. The number of fused-ring (bicyclic) bond motifs is 1. The van der Waals surface area contributed by atoms with E-state index in [4.69, 9.17) is 4.42 Å². The first kappa shape index (κ1) is 11.5. The van der Waals surface area contributed by atoms with Crippen LogP contribution < -0.4 is 10.6 Å². The van der Waals surface area contributed by atoms with E-state index in [0.29, 0.717) is 18.1 Å². The minimum atomic E-state index is 0.565. The summed E-state index contributed by atoms with van der Waals surface area (Å²) < 4.78 is 5.28. The maximum Gasteiger partial charge on any atom is 0.226 e. The minimum Gasteiger partial charge on any atom is -0.467 e. The number of rotatable bonds is 5. The van der Waals surface area contributed by atoms with Gasteiger partial charge in [0.05, 0.1) is 24.4 Å². The summed E-state index contributed by atoms with van der Waals surface area (Å²) in [6, 6.07) is 3.76. The van der Waals surface area contributed by atoms with Crippen molar-refractivity contribution in [3.8, 4) is 0 Å². The number of anilines is 2. The predicted molar refractivity (Wildman–Crippen MR) is 71.9 cm³/mol. The fourth-order valence-corrected chi connectivity index (χ4v) is 1.79. The number of furan rings is 1. The highest BCUT2D eigenvalue weighted by molar-refractivity contribution is 5.86. The molecule has 0 fully saturated rings. The Labute approximate surface area is 109 Å². The SMILES string of the molecule is CCNc1nc(NCc2ccco2)c2cn[nH]c2n1. The second-order valence-corrected chi connectivity index (χ2v) is 3.99. The molecule has 3 aromatic heterocycles. The molecule has 0 aliphatic heterocycles. The van der Waals surface area contributed by atoms with Crippen LogP contribution in [0.2, 0.25) is 0 Å². The van der Waals surface area contributed by atoms with Gasteiger partial charge in [-0.1, -0.05) is 0 Å². The Morgan fingerprint density at radius 3 is 3.05 bits per heavy atom. The molecule has 3 rings (SSSR count). The molecule has 0 spiro atoms. The zero-order valence-electron chi connectivity index (χ0n) is 10.5. The van der Waals surface area contributed by atoms with Crippen LogP contribution in [-0.2, 0) is 6.54 Å². The Morgan fingerprint density at radius 2 is 2.26 bits per heavy atom. The maximum absolute atomic E-state index is 5.28. The van der Waals surface area contributed by atoms with Crippen molar-refractivity contribution < 1.29 is 4.42 Å². The van der Waals surface area contributed by atoms with Gasteiger partial charge in [-0.05, 0) is 19.1 Å². The molecular formula is C12H14N6O. The van der Waals surface area contributed by atoms with Crippen molar-refractivity contribution in [1.29, 1.82) is 0 Å². The van der Waals surface area contributed by atoms with E-state index in [1.807, 2.05) is 19.1 Å². The van der Waals surface area contributed by atoms with Gasteiger partial charge in [0.2, 0.25) is 5.95 Å². The molecule has 0 aliphatic carbocycles. The van der Waals surface area contributed by atoms with E-state index in [-0.39, 0.29) is 0 Å². The molecule has 98 valence electrons. The van der Waals surface area contributed by atoms with E-state index in [1.54, 1.807) is 12.5 Å². The number of hydrogen-bond donors (Lipinski definition) is 3. The van der Waals surface area contributed by atoms with Gasteiger partial charge in [-0.3, -0.25) is 5.10 Å². The number of H-pyrrole nitrogens is 1. The highest BCUT2D eigenvalue weighted by atomic mass is 16.3. The molecule has 7 nitrogen and oxygen atoms in total. The molecular weight excluding hydrogens is 244 g/mol. The lowest BCUT2D eigenvalue weighted by Gasteiger charge is -2.07. The average molecular weight is 258 g/mol. The maximum atomic E-state index is 5.28. The van der Waals surface area contributed by atoms with Crippen LogP contribution >= 0.6 is 0 Å². The predicted octanol–water partition coefficient (Wildman–Crippen LogP) is 1.99. The van der Waals surface area contributed by atoms with Crippen molar-refractivity contribution in [1.82, 2.24) is 20.2 Å². The summed E-state index contributed by atoms with van der Waals surface area (Å²) in [5.41, 5.74) is 0.702. The van der Waals surface area contributed by atoms with Gasteiger partial charge in [0.15, 0.2) is 5.65 Å². The Hall–Kier alpha value is -2.57. The Bertz CT molecular complexity index is 660. The van der Waals surface area contributed by atoms with Gasteiger partial charge in [-0.25, -0.2) is 0 Å². The molecule has 0 saturated heterocycles. The van der Waals surface area contributed by atoms with Crippen molar-refractivity contribution in [3.63, 3.8) is 0 Å². The zero-order chi connectivity index (χ0) is 13.1. The van der Waals surface area contributed by atoms with E-state index < -0.39 is 0 Å². The summed E-state index contributed by atoms with van der Waals surface area (Å²) in [6.07, 6.45) is 3.35. The summed E-state index contributed by atoms with van der Waals surface area (Å²) in [5.74, 6) is 2.15. The van der Waals surface area contributed by atoms with Crippen LogP contribution in [0.15, 0.2) is 29.0 Å². The minimum absolute atomic E-state index is 0.565. The third kappa shape index (κ3) is 2.35. The number of aromatic nitrogens is 4. The second-order valence-electron chi connectivity index (χ2n) is 3.99. The highest BCUT2D eigenvalue weighted by Crippen LogP contribution is 2.20. The van der Waals surface area contributed by atoms with Crippen molar-refractivity contribution in [2.45, 2.75) is 13.5 Å². The topological polar surface area (TPSA) is 91.7 Å². The Morgan fingerprint density at radius 1 is 1.32 bits per heavy atom. The summed E-state index contributed by atoms with van der Waals surface area (Å²) in [5, 5.41) is 14.0. The van der Waals surface area contributed by atoms with E-state index in [2.05, 4.69) is 30.8 Å². The molecule has 3 heterocycles. The largest absolute Gasteiger partial charge is 0.467 e. The first-order chi connectivity index (χ1) is 9.36. The second kappa shape index (κ2) is 4.97. The van der Waals surface area contributed by atoms with Crippen LogP contribution in [0.1, 0.15) is 12.7 Å². The van der Waals surface area contributed by atoms with Gasteiger partial charge in [0.1, 0.15) is 11.6 Å². The third-order valence-corrected chi connectivity index (χ3v) is 2.65. The van der Waals surface area contributed by atoms with Crippen LogP contribution in [0.25, 0.3) is 11.0 Å². The van der Waals surface area contributed by atoms with Crippen molar-refractivity contribution in [3.05, 3.63) is 30.4 Å². The Balaban J connectivity index is 1.89. The zero-order valence-corrected chi connectivity index (χ0v) is 10.5. The van der Waals surface area contributed by atoms with E-state index in [1.165, 1.54) is 0 Å². The molecule has 3 aromatic rings. The molecule has 0 bridgehead atoms. The average Bonchev–Trinajstić information content (AvgIpc) is 3.07. The molecule has 0 radical (unpaired) electrons. The molecule has 0 aliphatic rings. The molecule has 0 unspecified atom stereocenters. The molecule has 0 saturated carbocycles.